The molecule has 0 radical (unpaired) electrons. The Morgan fingerprint density at radius 3 is 1.73 bits per heavy atom. The van der Waals surface area contributed by atoms with Gasteiger partial charge in [0.25, 0.3) is 0 Å². The van der Waals surface area contributed by atoms with E-state index in [1.54, 1.807) is 20.8 Å². The maximum absolute atomic E-state index is 11.2. The van der Waals surface area contributed by atoms with Gasteiger partial charge in [0.05, 0.1) is 0 Å². The van der Waals surface area contributed by atoms with Crippen LogP contribution >= 0.6 is 0 Å². The number of aliphatic carboxylic acids is 1. The van der Waals surface area contributed by atoms with Crippen molar-refractivity contribution in [2.24, 2.45) is 11.3 Å². The molecule has 3 nitrogen and oxygen atoms in total. The van der Waals surface area contributed by atoms with Gasteiger partial charge in [-0.25, -0.2) is 0 Å². The molecule has 0 fully saturated rings. The first kappa shape index (κ1) is 10.1. The van der Waals surface area contributed by atoms with Crippen molar-refractivity contribution < 1.29 is 14.7 Å². The van der Waals surface area contributed by atoms with Gasteiger partial charge in [-0.15, -0.1) is 0 Å². The molecular weight excluding hydrogens is 144 g/mol. The van der Waals surface area contributed by atoms with Gasteiger partial charge in [0.15, 0.2) is 5.78 Å². The quantitative estimate of drug-likeness (QED) is 0.616. The number of carbonyl (C=O) groups is 2. The highest BCUT2D eigenvalue weighted by atomic mass is 16.4. The molecule has 0 aromatic heterocycles. The zero-order chi connectivity index (χ0) is 9.23. The van der Waals surface area contributed by atoms with Crippen molar-refractivity contribution >= 4 is 11.8 Å². The minimum absolute atomic E-state index is 0.231. The molecule has 1 N–H and O–H groups in total. The van der Waals surface area contributed by atoms with Gasteiger partial charge >= 0.3 is 5.97 Å². The van der Waals surface area contributed by atoms with Crippen molar-refractivity contribution in [2.45, 2.75) is 27.7 Å². The number of Topliss-reactive ketones (excluding diaryl/α,β-unsaturated/α-hetero) is 1. The summed E-state index contributed by atoms with van der Waals surface area (Å²) in [6.07, 6.45) is 0. The standard InChI is InChI=1S/C8H14O3/c1-5(7(10)11)6(9)8(2,3)4/h5H,1-4H3,(H,10,11)/t5-/m0/s1. The lowest BCUT2D eigenvalue weighted by Crippen LogP contribution is -2.31. The second-order valence-corrected chi connectivity index (χ2v) is 3.67. The normalized spacial score (nSPS) is 14.2. The van der Waals surface area contributed by atoms with Crippen LogP contribution in [-0.2, 0) is 9.59 Å². The van der Waals surface area contributed by atoms with E-state index in [4.69, 9.17) is 5.11 Å². The Kier molecular flexibility index (Phi) is 2.79. The van der Waals surface area contributed by atoms with Crippen molar-refractivity contribution in [3.63, 3.8) is 0 Å². The molecule has 0 bridgehead atoms. The number of ketones is 1. The molecule has 0 spiro atoms. The van der Waals surface area contributed by atoms with Crippen molar-refractivity contribution in [3.8, 4) is 0 Å². The minimum atomic E-state index is -1.05. The van der Waals surface area contributed by atoms with E-state index in [-0.39, 0.29) is 5.78 Å². The minimum Gasteiger partial charge on any atom is -0.481 e. The van der Waals surface area contributed by atoms with E-state index in [2.05, 4.69) is 0 Å². The first-order valence-electron chi connectivity index (χ1n) is 3.54. The van der Waals surface area contributed by atoms with Crippen LogP contribution < -0.4 is 0 Å². The van der Waals surface area contributed by atoms with E-state index in [0.717, 1.165) is 0 Å². The maximum atomic E-state index is 11.2. The Bertz CT molecular complexity index is 176. The summed E-state index contributed by atoms with van der Waals surface area (Å²) in [5.74, 6) is -2.18. The van der Waals surface area contributed by atoms with Crippen molar-refractivity contribution in [2.75, 3.05) is 0 Å². The van der Waals surface area contributed by atoms with Gasteiger partial charge in [-0.05, 0) is 6.92 Å². The number of carbonyl (C=O) groups excluding carboxylic acids is 1. The van der Waals surface area contributed by atoms with Crippen LogP contribution in [0.1, 0.15) is 27.7 Å². The molecule has 0 aliphatic rings. The highest BCUT2D eigenvalue weighted by Crippen LogP contribution is 2.19. The molecule has 0 saturated carbocycles. The van der Waals surface area contributed by atoms with Gasteiger partial charge in [-0.1, -0.05) is 20.8 Å². The topological polar surface area (TPSA) is 54.4 Å². The summed E-state index contributed by atoms with van der Waals surface area (Å²) < 4.78 is 0. The lowest BCUT2D eigenvalue weighted by Gasteiger charge is -2.18. The molecule has 0 unspecified atom stereocenters. The summed E-state index contributed by atoms with van der Waals surface area (Å²) in [5, 5.41) is 8.49. The summed E-state index contributed by atoms with van der Waals surface area (Å²) >= 11 is 0. The molecule has 0 saturated heterocycles. The average molecular weight is 158 g/mol. The fraction of sp³-hybridized carbons (Fsp3) is 0.750. The van der Waals surface area contributed by atoms with E-state index in [9.17, 15) is 9.59 Å². The molecule has 64 valence electrons. The summed E-state index contributed by atoms with van der Waals surface area (Å²) in [6, 6.07) is 0. The summed E-state index contributed by atoms with van der Waals surface area (Å²) in [7, 11) is 0. The number of carboxylic acid groups (broad SMARTS) is 1. The molecule has 0 aliphatic heterocycles. The Morgan fingerprint density at radius 2 is 1.64 bits per heavy atom. The van der Waals surface area contributed by atoms with Gasteiger partial charge in [-0.2, -0.15) is 0 Å². The molecule has 3 heteroatoms. The molecule has 0 aromatic carbocycles. The Labute approximate surface area is 66.4 Å². The summed E-state index contributed by atoms with van der Waals surface area (Å²) in [6.45, 7) is 6.56. The Hall–Kier alpha value is -0.860. The Morgan fingerprint density at radius 1 is 1.27 bits per heavy atom. The SMILES string of the molecule is C[C@H](C(=O)O)C(=O)C(C)(C)C. The zero-order valence-electron chi connectivity index (χ0n) is 7.34. The van der Waals surface area contributed by atoms with E-state index in [1.165, 1.54) is 6.92 Å². The lowest BCUT2D eigenvalue weighted by molar-refractivity contribution is -0.148. The van der Waals surface area contributed by atoms with E-state index >= 15 is 0 Å². The summed E-state index contributed by atoms with van der Waals surface area (Å²) in [5.41, 5.74) is -0.558. The van der Waals surface area contributed by atoms with Gasteiger partial charge in [0.1, 0.15) is 5.92 Å². The first-order valence-corrected chi connectivity index (χ1v) is 3.54. The van der Waals surface area contributed by atoms with Crippen molar-refractivity contribution in [3.05, 3.63) is 0 Å². The number of rotatable bonds is 2. The predicted molar refractivity (Wildman–Crippen MR) is 41.3 cm³/mol. The number of hydrogen-bond donors (Lipinski definition) is 1. The third-order valence-electron chi connectivity index (χ3n) is 1.50. The number of carboxylic acids is 1. The van der Waals surface area contributed by atoms with Gasteiger partial charge in [0.2, 0.25) is 0 Å². The smallest absolute Gasteiger partial charge is 0.313 e. The van der Waals surface area contributed by atoms with Gasteiger partial charge in [-0.3, -0.25) is 9.59 Å². The fourth-order valence-electron chi connectivity index (χ4n) is 0.762. The van der Waals surface area contributed by atoms with E-state index < -0.39 is 17.3 Å². The highest BCUT2D eigenvalue weighted by molar-refractivity contribution is 6.00. The van der Waals surface area contributed by atoms with Crippen LogP contribution in [0, 0.1) is 11.3 Å². The molecule has 0 heterocycles. The lowest BCUT2D eigenvalue weighted by atomic mass is 9.84. The van der Waals surface area contributed by atoms with Crippen molar-refractivity contribution in [1.82, 2.24) is 0 Å². The van der Waals surface area contributed by atoms with Crippen molar-refractivity contribution in [1.29, 1.82) is 0 Å². The monoisotopic (exact) mass is 158 g/mol. The average Bonchev–Trinajstić information content (AvgIpc) is 1.82. The predicted octanol–water partition coefficient (Wildman–Crippen LogP) is 1.32. The van der Waals surface area contributed by atoms with E-state index in [1.807, 2.05) is 0 Å². The molecule has 11 heavy (non-hydrogen) atoms. The number of hydrogen-bond acceptors (Lipinski definition) is 2. The second-order valence-electron chi connectivity index (χ2n) is 3.67. The largest absolute Gasteiger partial charge is 0.481 e. The van der Waals surface area contributed by atoms with Crippen LogP contribution in [-0.4, -0.2) is 16.9 Å². The van der Waals surface area contributed by atoms with Crippen LogP contribution in [0.5, 0.6) is 0 Å². The third-order valence-corrected chi connectivity index (χ3v) is 1.50. The molecule has 0 aliphatic carbocycles. The fourth-order valence-corrected chi connectivity index (χ4v) is 0.762. The molecule has 1 atom stereocenters. The Balaban J connectivity index is 4.39. The van der Waals surface area contributed by atoms with Crippen LogP contribution in [0.25, 0.3) is 0 Å². The van der Waals surface area contributed by atoms with Crippen LogP contribution in [0.4, 0.5) is 0 Å². The highest BCUT2D eigenvalue weighted by Gasteiger charge is 2.30. The molecular formula is C8H14O3. The van der Waals surface area contributed by atoms with Gasteiger partial charge < -0.3 is 5.11 Å². The maximum Gasteiger partial charge on any atom is 0.313 e. The third kappa shape index (κ3) is 2.70. The summed E-state index contributed by atoms with van der Waals surface area (Å²) in [4.78, 5) is 21.6. The van der Waals surface area contributed by atoms with Gasteiger partial charge in [0, 0.05) is 5.41 Å². The molecule has 0 amide bonds. The van der Waals surface area contributed by atoms with Crippen LogP contribution in [0.2, 0.25) is 0 Å². The van der Waals surface area contributed by atoms with Crippen LogP contribution in [0.15, 0.2) is 0 Å². The van der Waals surface area contributed by atoms with E-state index in [0.29, 0.717) is 0 Å². The van der Waals surface area contributed by atoms with Crippen LogP contribution in [0.3, 0.4) is 0 Å². The zero-order valence-corrected chi connectivity index (χ0v) is 7.34. The second kappa shape index (κ2) is 3.03. The molecule has 0 aromatic rings. The first-order chi connectivity index (χ1) is 4.76. The molecule has 0 rings (SSSR count).